The summed E-state index contributed by atoms with van der Waals surface area (Å²) in [6, 6.07) is 10.6. The Balaban J connectivity index is 2.41. The maximum absolute atomic E-state index is 9.84. The first-order valence-corrected chi connectivity index (χ1v) is 8.08. The molecule has 0 saturated carbocycles. The number of halogens is 4. The molecular weight excluding hydrogens is 396 g/mol. The molecule has 0 amide bonds. The largest absolute Gasteiger partial charge is 0.394 e. The maximum atomic E-state index is 9.84. The van der Waals surface area contributed by atoms with Gasteiger partial charge in [0.2, 0.25) is 0 Å². The minimum absolute atomic E-state index is 0.146. The van der Waals surface area contributed by atoms with E-state index in [-0.39, 0.29) is 6.61 Å². The monoisotopic (exact) mass is 407 g/mol. The number of nitrogens with one attached hydrogen (secondary N) is 1. The highest BCUT2D eigenvalue weighted by Crippen LogP contribution is 2.34. The van der Waals surface area contributed by atoms with E-state index in [1.54, 1.807) is 24.3 Å². The van der Waals surface area contributed by atoms with Crippen LogP contribution in [0.25, 0.3) is 0 Å². The number of hydrogen-bond acceptors (Lipinski definition) is 2. The van der Waals surface area contributed by atoms with Crippen molar-refractivity contribution in [3.8, 4) is 0 Å². The lowest BCUT2D eigenvalue weighted by Crippen LogP contribution is -2.36. The Kier molecular flexibility index (Phi) is 5.44. The van der Waals surface area contributed by atoms with Crippen LogP contribution in [0.2, 0.25) is 15.1 Å². The van der Waals surface area contributed by atoms with Crippen LogP contribution in [0, 0.1) is 0 Å². The quantitative estimate of drug-likeness (QED) is 0.676. The van der Waals surface area contributed by atoms with Gasteiger partial charge in [-0.2, -0.15) is 0 Å². The van der Waals surface area contributed by atoms with Crippen LogP contribution in [-0.4, -0.2) is 11.7 Å². The van der Waals surface area contributed by atoms with Gasteiger partial charge in [-0.05, 0) is 64.8 Å². The molecule has 1 unspecified atom stereocenters. The number of aliphatic hydroxyl groups is 1. The summed E-state index contributed by atoms with van der Waals surface area (Å²) in [7, 11) is 0. The fourth-order valence-corrected chi connectivity index (χ4v) is 3.00. The van der Waals surface area contributed by atoms with Gasteiger partial charge in [-0.15, -0.1) is 0 Å². The minimum Gasteiger partial charge on any atom is -0.394 e. The molecule has 0 aliphatic rings. The Morgan fingerprint density at radius 1 is 1.10 bits per heavy atom. The first-order chi connectivity index (χ1) is 9.85. The molecule has 2 rings (SSSR count). The van der Waals surface area contributed by atoms with E-state index in [9.17, 15) is 5.11 Å². The van der Waals surface area contributed by atoms with Crippen LogP contribution < -0.4 is 5.32 Å². The van der Waals surface area contributed by atoms with Crippen molar-refractivity contribution in [1.29, 1.82) is 0 Å². The maximum Gasteiger partial charge on any atom is 0.0843 e. The molecule has 1 atom stereocenters. The van der Waals surface area contributed by atoms with E-state index < -0.39 is 5.54 Å². The molecule has 0 radical (unpaired) electrons. The topological polar surface area (TPSA) is 32.3 Å². The molecule has 0 aliphatic heterocycles. The predicted molar refractivity (Wildman–Crippen MR) is 93.7 cm³/mol. The predicted octanol–water partition coefficient (Wildman–Crippen LogP) is 5.73. The van der Waals surface area contributed by atoms with Crippen LogP contribution in [0.4, 0.5) is 5.69 Å². The molecule has 0 saturated heterocycles. The third-order valence-electron chi connectivity index (χ3n) is 3.18. The van der Waals surface area contributed by atoms with E-state index in [4.69, 9.17) is 34.8 Å². The van der Waals surface area contributed by atoms with Crippen molar-refractivity contribution < 1.29 is 5.11 Å². The lowest BCUT2D eigenvalue weighted by atomic mass is 9.92. The molecule has 21 heavy (non-hydrogen) atoms. The van der Waals surface area contributed by atoms with Crippen molar-refractivity contribution >= 4 is 56.4 Å². The van der Waals surface area contributed by atoms with Crippen molar-refractivity contribution in [2.45, 2.75) is 12.5 Å². The van der Waals surface area contributed by atoms with Crippen LogP contribution in [-0.2, 0) is 5.54 Å². The van der Waals surface area contributed by atoms with Crippen molar-refractivity contribution in [3.63, 3.8) is 0 Å². The average molecular weight is 410 g/mol. The van der Waals surface area contributed by atoms with Gasteiger partial charge in [0.05, 0.1) is 17.2 Å². The fourth-order valence-electron chi connectivity index (χ4n) is 2.00. The Labute approximate surface area is 147 Å². The molecular formula is C15H13BrCl3NO. The minimum atomic E-state index is -0.769. The van der Waals surface area contributed by atoms with Gasteiger partial charge in [-0.3, -0.25) is 0 Å². The van der Waals surface area contributed by atoms with Crippen LogP contribution >= 0.6 is 50.7 Å². The highest BCUT2D eigenvalue weighted by atomic mass is 79.9. The summed E-state index contributed by atoms with van der Waals surface area (Å²) >= 11 is 21.6. The normalized spacial score (nSPS) is 13.8. The summed E-state index contributed by atoms with van der Waals surface area (Å²) in [4.78, 5) is 0. The van der Waals surface area contributed by atoms with Gasteiger partial charge in [0.15, 0.2) is 0 Å². The Bertz CT molecular complexity index is 665. The fraction of sp³-hybridized carbons (Fsp3) is 0.200. The standard InChI is InChI=1S/C15H13BrCl3NO/c1-15(8-21,11-6-9(17)2-4-13(11)18)20-10-3-5-14(19)12(16)7-10/h2-7,20-21H,8H2,1H3. The molecule has 0 spiro atoms. The first kappa shape index (κ1) is 16.9. The van der Waals surface area contributed by atoms with E-state index in [2.05, 4.69) is 21.2 Å². The van der Waals surface area contributed by atoms with Gasteiger partial charge in [0.25, 0.3) is 0 Å². The van der Waals surface area contributed by atoms with Crippen molar-refractivity contribution in [2.24, 2.45) is 0 Å². The molecule has 0 bridgehead atoms. The van der Waals surface area contributed by atoms with Gasteiger partial charge in [-0.1, -0.05) is 34.8 Å². The van der Waals surface area contributed by atoms with Crippen LogP contribution in [0.1, 0.15) is 12.5 Å². The molecule has 112 valence electrons. The van der Waals surface area contributed by atoms with Crippen LogP contribution in [0.5, 0.6) is 0 Å². The number of benzene rings is 2. The SMILES string of the molecule is CC(CO)(Nc1ccc(Cl)c(Br)c1)c1cc(Cl)ccc1Cl. The van der Waals surface area contributed by atoms with Crippen LogP contribution in [0.3, 0.4) is 0 Å². The summed E-state index contributed by atoms with van der Waals surface area (Å²) in [5.41, 5.74) is 0.763. The zero-order chi connectivity index (χ0) is 15.6. The number of rotatable bonds is 4. The molecule has 0 aromatic heterocycles. The second-order valence-electron chi connectivity index (χ2n) is 4.87. The zero-order valence-corrected chi connectivity index (χ0v) is 15.0. The van der Waals surface area contributed by atoms with Gasteiger partial charge >= 0.3 is 0 Å². The number of hydrogen-bond donors (Lipinski definition) is 2. The molecule has 2 N–H and O–H groups in total. The van der Waals surface area contributed by atoms with E-state index in [0.717, 1.165) is 15.7 Å². The van der Waals surface area contributed by atoms with Crippen LogP contribution in [0.15, 0.2) is 40.9 Å². The summed E-state index contributed by atoms with van der Waals surface area (Å²) in [6.45, 7) is 1.71. The number of anilines is 1. The average Bonchev–Trinajstić information content (AvgIpc) is 2.45. The first-order valence-electron chi connectivity index (χ1n) is 6.15. The third-order valence-corrected chi connectivity index (χ3v) is 4.96. The van der Waals surface area contributed by atoms with Crippen molar-refractivity contribution in [1.82, 2.24) is 0 Å². The highest BCUT2D eigenvalue weighted by molar-refractivity contribution is 9.10. The Hall–Kier alpha value is -0.450. The Morgan fingerprint density at radius 3 is 2.38 bits per heavy atom. The Morgan fingerprint density at radius 2 is 1.76 bits per heavy atom. The van der Waals surface area contributed by atoms with Gasteiger partial charge in [0.1, 0.15) is 0 Å². The smallest absolute Gasteiger partial charge is 0.0843 e. The van der Waals surface area contributed by atoms with Gasteiger partial charge in [0, 0.05) is 20.2 Å². The molecule has 0 heterocycles. The summed E-state index contributed by atoms with van der Waals surface area (Å²) in [5.74, 6) is 0. The molecule has 2 aromatic carbocycles. The zero-order valence-electron chi connectivity index (χ0n) is 11.1. The molecule has 2 nitrogen and oxygen atoms in total. The van der Waals surface area contributed by atoms with E-state index in [1.165, 1.54) is 0 Å². The highest BCUT2D eigenvalue weighted by Gasteiger charge is 2.28. The van der Waals surface area contributed by atoms with Crippen molar-refractivity contribution in [2.75, 3.05) is 11.9 Å². The second-order valence-corrected chi connectivity index (χ2v) is 6.97. The van der Waals surface area contributed by atoms with E-state index in [1.807, 2.05) is 19.1 Å². The van der Waals surface area contributed by atoms with Crippen molar-refractivity contribution in [3.05, 3.63) is 61.5 Å². The van der Waals surface area contributed by atoms with Gasteiger partial charge < -0.3 is 10.4 Å². The molecule has 0 aliphatic carbocycles. The molecule has 2 aromatic rings. The molecule has 0 fully saturated rings. The summed E-state index contributed by atoms with van der Waals surface area (Å²) < 4.78 is 0.770. The third kappa shape index (κ3) is 3.85. The lowest BCUT2D eigenvalue weighted by Gasteiger charge is -2.31. The molecule has 6 heteroatoms. The van der Waals surface area contributed by atoms with E-state index in [0.29, 0.717) is 15.1 Å². The summed E-state index contributed by atoms with van der Waals surface area (Å²) in [6.07, 6.45) is 0. The lowest BCUT2D eigenvalue weighted by molar-refractivity contribution is 0.224. The number of aliphatic hydroxyl groups excluding tert-OH is 1. The summed E-state index contributed by atoms with van der Waals surface area (Å²) in [5, 5.41) is 14.8. The van der Waals surface area contributed by atoms with E-state index >= 15 is 0 Å². The van der Waals surface area contributed by atoms with Gasteiger partial charge in [-0.25, -0.2) is 0 Å². The second kappa shape index (κ2) is 6.76.